The van der Waals surface area contributed by atoms with E-state index >= 15 is 0 Å². The summed E-state index contributed by atoms with van der Waals surface area (Å²) in [6.07, 6.45) is -5.11. The Hall–Kier alpha value is -5.33. The first kappa shape index (κ1) is 39.5. The third kappa shape index (κ3) is 7.93. The smallest absolute Gasteiger partial charge is 0.451 e. The Kier molecular flexibility index (Phi) is 11.5. The van der Waals surface area contributed by atoms with Crippen LogP contribution in [0.15, 0.2) is 60.7 Å². The van der Waals surface area contributed by atoms with E-state index in [9.17, 15) is 61.2 Å². The fourth-order valence-electron chi connectivity index (χ4n) is 5.55. The van der Waals surface area contributed by atoms with Crippen LogP contribution in [0, 0.1) is 31.3 Å². The van der Waals surface area contributed by atoms with E-state index in [1.54, 1.807) is 13.8 Å². The minimum atomic E-state index is -4.64. The van der Waals surface area contributed by atoms with Gasteiger partial charge in [0.25, 0.3) is 0 Å². The second-order valence-electron chi connectivity index (χ2n) is 12.2. The van der Waals surface area contributed by atoms with E-state index in [4.69, 9.17) is 5.73 Å². The fraction of sp³-hybridized carbons (Fsp3) is 0.324. The molecule has 1 aliphatic rings. The van der Waals surface area contributed by atoms with Crippen LogP contribution in [0.1, 0.15) is 45.9 Å². The van der Waals surface area contributed by atoms with Crippen molar-refractivity contribution in [3.8, 4) is 0 Å². The van der Waals surface area contributed by atoms with Crippen LogP contribution >= 0.6 is 0 Å². The van der Waals surface area contributed by atoms with E-state index in [2.05, 4.69) is 10.2 Å². The zero-order valence-corrected chi connectivity index (χ0v) is 27.5. The molecule has 2 unspecified atom stereocenters. The van der Waals surface area contributed by atoms with Crippen LogP contribution in [-0.2, 0) is 51.3 Å². The lowest BCUT2D eigenvalue weighted by molar-refractivity contribution is -0.363. The van der Waals surface area contributed by atoms with Crippen molar-refractivity contribution in [2.75, 3.05) is 6.54 Å². The highest BCUT2D eigenvalue weighted by molar-refractivity contribution is 5.91. The van der Waals surface area contributed by atoms with Gasteiger partial charge in [-0.25, -0.2) is 13.2 Å². The molecule has 4 aromatic rings. The number of alkyl halides is 3. The SMILES string of the molecule is Cc1ccc(C(O)(C(=O)[O-])C(O)(C(=O)[O-])c2ccc(C)cc2)cc1.N[C@@H](CC(=O)N1CCn2c(nnc2C(F)(F)F)C1)Cc1cc(F)c(F)cc1F. The second kappa shape index (κ2) is 15.1. The topological polar surface area (TPSA) is 198 Å². The minimum Gasteiger partial charge on any atom is -0.546 e. The van der Waals surface area contributed by atoms with Gasteiger partial charge in [0, 0.05) is 31.6 Å². The molecule has 0 bridgehead atoms. The third-order valence-electron chi connectivity index (χ3n) is 8.42. The highest BCUT2D eigenvalue weighted by Gasteiger charge is 2.54. The summed E-state index contributed by atoms with van der Waals surface area (Å²) in [6.45, 7) is 3.16. The molecule has 0 saturated heterocycles. The monoisotopic (exact) mass is 735 g/mol. The van der Waals surface area contributed by atoms with Crippen molar-refractivity contribution in [2.45, 2.75) is 63.2 Å². The summed E-state index contributed by atoms with van der Waals surface area (Å²) in [7, 11) is 0. The van der Waals surface area contributed by atoms with Gasteiger partial charge in [-0.15, -0.1) is 10.2 Å². The van der Waals surface area contributed by atoms with Gasteiger partial charge >= 0.3 is 6.18 Å². The summed E-state index contributed by atoms with van der Waals surface area (Å²) in [4.78, 5) is 37.0. The summed E-state index contributed by atoms with van der Waals surface area (Å²) in [5, 5.41) is 51.4. The molecule has 12 nitrogen and oxygen atoms in total. The Morgan fingerprint density at radius 2 is 1.29 bits per heavy atom. The summed E-state index contributed by atoms with van der Waals surface area (Å²) >= 11 is 0. The predicted molar refractivity (Wildman–Crippen MR) is 163 cm³/mol. The number of aromatic nitrogens is 3. The second-order valence-corrected chi connectivity index (χ2v) is 12.2. The number of nitrogens with zero attached hydrogens (tertiary/aromatic N) is 4. The fourth-order valence-corrected chi connectivity index (χ4v) is 5.55. The van der Waals surface area contributed by atoms with Gasteiger partial charge < -0.3 is 45.2 Å². The van der Waals surface area contributed by atoms with Gasteiger partial charge in [0.05, 0.1) is 18.5 Å². The first-order chi connectivity index (χ1) is 24.2. The number of nitrogens with two attached hydrogens (primary N) is 1. The van der Waals surface area contributed by atoms with Crippen molar-refractivity contribution < 1.29 is 61.2 Å². The van der Waals surface area contributed by atoms with Gasteiger partial charge in [-0.2, -0.15) is 13.2 Å². The van der Waals surface area contributed by atoms with E-state index in [1.165, 1.54) is 53.4 Å². The lowest BCUT2D eigenvalue weighted by Crippen LogP contribution is -2.66. The molecule has 1 amide bonds. The molecule has 0 saturated carbocycles. The van der Waals surface area contributed by atoms with Crippen LogP contribution in [0.2, 0.25) is 0 Å². The molecule has 2 heterocycles. The highest BCUT2D eigenvalue weighted by atomic mass is 19.4. The number of fused-ring (bicyclic) bond motifs is 1. The number of rotatable bonds is 9. The first-order valence-electron chi connectivity index (χ1n) is 15.4. The molecular weight excluding hydrogens is 704 g/mol. The molecule has 278 valence electrons. The number of benzene rings is 3. The highest BCUT2D eigenvalue weighted by Crippen LogP contribution is 2.41. The van der Waals surface area contributed by atoms with E-state index < -0.39 is 64.5 Å². The maximum atomic E-state index is 13.7. The number of carboxylic acid groups (broad SMARTS) is 2. The molecule has 3 atom stereocenters. The normalized spacial score (nSPS) is 15.7. The van der Waals surface area contributed by atoms with Crippen molar-refractivity contribution in [1.29, 1.82) is 0 Å². The molecule has 0 spiro atoms. The quantitative estimate of drug-likeness (QED) is 0.164. The number of aliphatic carboxylic acids is 2. The number of aliphatic hydroxyl groups is 2. The van der Waals surface area contributed by atoms with Crippen LogP contribution in [0.4, 0.5) is 26.3 Å². The molecule has 0 radical (unpaired) electrons. The van der Waals surface area contributed by atoms with Crippen LogP contribution in [-0.4, -0.2) is 60.3 Å². The Morgan fingerprint density at radius 3 is 1.75 bits per heavy atom. The summed E-state index contributed by atoms with van der Waals surface area (Å²) in [5.41, 5.74) is 0.00417. The van der Waals surface area contributed by atoms with Crippen molar-refractivity contribution in [3.63, 3.8) is 0 Å². The molecule has 3 aromatic carbocycles. The average Bonchev–Trinajstić information content (AvgIpc) is 3.51. The average molecular weight is 736 g/mol. The Balaban J connectivity index is 0.000000236. The van der Waals surface area contributed by atoms with Gasteiger partial charge in [0.1, 0.15) is 5.82 Å². The molecular formula is C34H31F6N5O7-2. The van der Waals surface area contributed by atoms with Crippen LogP contribution < -0.4 is 15.9 Å². The van der Waals surface area contributed by atoms with E-state index in [-0.39, 0.29) is 55.0 Å². The minimum absolute atomic E-state index is 0.000783. The van der Waals surface area contributed by atoms with Gasteiger partial charge in [-0.1, -0.05) is 59.7 Å². The molecule has 0 aliphatic carbocycles. The van der Waals surface area contributed by atoms with Gasteiger partial charge in [0.15, 0.2) is 28.7 Å². The summed E-state index contributed by atoms with van der Waals surface area (Å²) < 4.78 is 79.3. The zero-order valence-electron chi connectivity index (χ0n) is 27.5. The number of hydrogen-bond acceptors (Lipinski definition) is 10. The van der Waals surface area contributed by atoms with Crippen molar-refractivity contribution in [3.05, 3.63) is 118 Å². The molecule has 0 fully saturated rings. The van der Waals surface area contributed by atoms with Gasteiger partial charge in [-0.3, -0.25) is 4.79 Å². The number of amides is 1. The van der Waals surface area contributed by atoms with E-state index in [1.807, 2.05) is 0 Å². The summed E-state index contributed by atoms with van der Waals surface area (Å²) in [6, 6.07) is 11.0. The molecule has 1 aliphatic heterocycles. The van der Waals surface area contributed by atoms with E-state index in [0.717, 1.165) is 15.7 Å². The van der Waals surface area contributed by atoms with Crippen LogP contribution in [0.25, 0.3) is 0 Å². The zero-order chi connectivity index (χ0) is 38.8. The standard InChI is InChI=1S/C18H18O6.C16H15F6N5O/c1-11-3-7-13(8-4-11)17(23,15(19)20)18(24,16(21)22)14-9-5-12(2)6-10-14;17-10-6-12(19)11(18)4-8(10)3-9(23)5-14(28)26-1-2-27-13(7-26)24-25-15(27)16(20,21)22/h3-10,23-24H,1-2H3,(H,19,20)(H,21,22);4,6,9H,1-3,5,7,23H2/p-2/t;9-/m.1/s1. The molecule has 1 aromatic heterocycles. The number of carbonyl (C=O) groups is 3. The number of carbonyl (C=O) groups excluding carboxylic acids is 3. The van der Waals surface area contributed by atoms with Gasteiger partial charge in [-0.05, 0) is 43.0 Å². The molecule has 5 rings (SSSR count). The van der Waals surface area contributed by atoms with E-state index in [0.29, 0.717) is 12.1 Å². The Labute approximate surface area is 291 Å². The summed E-state index contributed by atoms with van der Waals surface area (Å²) in [5.74, 6) is -9.46. The van der Waals surface area contributed by atoms with Crippen molar-refractivity contribution in [2.24, 2.45) is 5.73 Å². The van der Waals surface area contributed by atoms with Crippen LogP contribution in [0.3, 0.4) is 0 Å². The van der Waals surface area contributed by atoms with Crippen molar-refractivity contribution >= 4 is 17.8 Å². The Morgan fingerprint density at radius 1 is 0.808 bits per heavy atom. The number of halogens is 6. The number of carboxylic acids is 2. The number of aryl methyl sites for hydroxylation is 2. The first-order valence-corrected chi connectivity index (χ1v) is 15.4. The van der Waals surface area contributed by atoms with Crippen molar-refractivity contribution in [1.82, 2.24) is 19.7 Å². The maximum Gasteiger partial charge on any atom is 0.451 e. The molecule has 4 N–H and O–H groups in total. The lowest BCUT2D eigenvalue weighted by atomic mass is 9.73. The lowest BCUT2D eigenvalue weighted by Gasteiger charge is -2.45. The molecule has 18 heteroatoms. The Bertz CT molecular complexity index is 1890. The molecule has 52 heavy (non-hydrogen) atoms. The van der Waals surface area contributed by atoms with Crippen LogP contribution in [0.5, 0.6) is 0 Å². The number of hydrogen-bond donors (Lipinski definition) is 3. The van der Waals surface area contributed by atoms with Gasteiger partial charge in [0.2, 0.25) is 11.7 Å². The third-order valence-corrected chi connectivity index (χ3v) is 8.42. The maximum absolute atomic E-state index is 13.7. The predicted octanol–water partition coefficient (Wildman–Crippen LogP) is 0.895. The largest absolute Gasteiger partial charge is 0.546 e.